The molecule has 1 aromatic heterocycles. The van der Waals surface area contributed by atoms with E-state index in [4.69, 9.17) is 4.99 Å². The van der Waals surface area contributed by atoms with Gasteiger partial charge in [-0.1, -0.05) is 44.2 Å². The van der Waals surface area contributed by atoms with Crippen molar-refractivity contribution in [3.8, 4) is 0 Å². The molecule has 1 aromatic carbocycles. The maximum Gasteiger partial charge on any atom is 0.193 e. The average Bonchev–Trinajstić information content (AvgIpc) is 3.30. The number of piperidine rings is 1. The third-order valence-corrected chi connectivity index (χ3v) is 6.22. The van der Waals surface area contributed by atoms with Crippen molar-refractivity contribution >= 4 is 29.9 Å². The predicted molar refractivity (Wildman–Crippen MR) is 130 cm³/mol. The molecule has 0 saturated carbocycles. The van der Waals surface area contributed by atoms with E-state index in [1.54, 1.807) is 6.33 Å². The molecule has 3 rings (SSSR count). The first-order chi connectivity index (χ1) is 13.7. The number of nitrogens with one attached hydrogen (secondary N) is 2. The van der Waals surface area contributed by atoms with Gasteiger partial charge in [0.15, 0.2) is 5.96 Å². The summed E-state index contributed by atoms with van der Waals surface area (Å²) in [4.78, 5) is 11.9. The molecule has 2 aromatic rings. The maximum absolute atomic E-state index is 5.11. The van der Waals surface area contributed by atoms with Gasteiger partial charge in [-0.2, -0.15) is 5.10 Å². The molecule has 0 amide bonds. The number of rotatable bonds is 7. The minimum Gasteiger partial charge on any atom is -0.357 e. The van der Waals surface area contributed by atoms with Crippen molar-refractivity contribution in [2.24, 2.45) is 4.99 Å². The molecule has 0 aliphatic carbocycles. The van der Waals surface area contributed by atoms with E-state index in [2.05, 4.69) is 76.5 Å². The Hall–Kier alpha value is -1.64. The van der Waals surface area contributed by atoms with Crippen molar-refractivity contribution in [1.82, 2.24) is 25.4 Å². The number of likely N-dealkylation sites (tertiary alicyclic amines) is 1. The van der Waals surface area contributed by atoms with E-state index in [0.717, 1.165) is 63.6 Å². The zero-order chi connectivity index (χ0) is 19.8. The second-order valence-corrected chi connectivity index (χ2v) is 7.66. The normalized spacial score (nSPS) is 15.8. The predicted octanol–water partition coefficient (Wildman–Crippen LogP) is 4.33. The summed E-state index contributed by atoms with van der Waals surface area (Å²) < 4.78 is 0. The van der Waals surface area contributed by atoms with Gasteiger partial charge in [0.2, 0.25) is 0 Å². The molecule has 160 valence electrons. The Kier molecular flexibility index (Phi) is 9.39. The Labute approximate surface area is 192 Å². The van der Waals surface area contributed by atoms with E-state index >= 15 is 0 Å². The van der Waals surface area contributed by atoms with E-state index in [0.29, 0.717) is 5.92 Å². The number of guanidine groups is 1. The van der Waals surface area contributed by atoms with E-state index in [-0.39, 0.29) is 29.4 Å². The fraction of sp³-hybridized carbons (Fsp3) is 0.591. The highest BCUT2D eigenvalue weighted by Gasteiger charge is 2.29. The van der Waals surface area contributed by atoms with Crippen LogP contribution in [0.3, 0.4) is 0 Å². The molecule has 1 fully saturated rings. The first-order valence-electron chi connectivity index (χ1n) is 10.7. The molecule has 0 atom stereocenters. The van der Waals surface area contributed by atoms with Gasteiger partial charge < -0.3 is 10.2 Å². The summed E-state index contributed by atoms with van der Waals surface area (Å²) in [6, 6.07) is 10.9. The summed E-state index contributed by atoms with van der Waals surface area (Å²) in [5.74, 6) is 2.53. The molecule has 1 saturated heterocycles. The highest BCUT2D eigenvalue weighted by molar-refractivity contribution is 14.0. The second kappa shape index (κ2) is 11.5. The first-order valence-corrected chi connectivity index (χ1v) is 10.7. The van der Waals surface area contributed by atoms with Gasteiger partial charge in [0.25, 0.3) is 0 Å². The van der Waals surface area contributed by atoms with Gasteiger partial charge in [0.1, 0.15) is 12.2 Å². The highest BCUT2D eigenvalue weighted by atomic mass is 127. The number of aliphatic imine (C=N–C) groups is 1. The number of hydrogen-bond acceptors (Lipinski definition) is 3. The number of aromatic amines is 1. The van der Waals surface area contributed by atoms with Gasteiger partial charge in [-0.25, -0.2) is 4.98 Å². The van der Waals surface area contributed by atoms with Crippen LogP contribution < -0.4 is 5.32 Å². The summed E-state index contributed by atoms with van der Waals surface area (Å²) in [5.41, 5.74) is 1.49. The maximum atomic E-state index is 5.11. The van der Waals surface area contributed by atoms with Crippen LogP contribution in [-0.2, 0) is 5.41 Å². The standard InChI is InChI=1S/C22H34N6.HI/c1-4-22(5-2,19-10-8-7-9-11-19)16-24-21(23-6-3)28-14-12-18(13-15-28)20-25-17-26-27-20;/h7-11,17-18H,4-6,12-16H2,1-3H3,(H,23,24)(H,25,26,27);1H. The van der Waals surface area contributed by atoms with Gasteiger partial charge in [-0.15, -0.1) is 24.0 Å². The van der Waals surface area contributed by atoms with E-state index in [1.807, 2.05) is 0 Å². The Morgan fingerprint density at radius 3 is 2.41 bits per heavy atom. The van der Waals surface area contributed by atoms with Crippen molar-refractivity contribution in [1.29, 1.82) is 0 Å². The topological polar surface area (TPSA) is 69.2 Å². The van der Waals surface area contributed by atoms with Gasteiger partial charge in [0, 0.05) is 31.0 Å². The largest absolute Gasteiger partial charge is 0.357 e. The zero-order valence-electron chi connectivity index (χ0n) is 17.9. The van der Waals surface area contributed by atoms with E-state index in [9.17, 15) is 0 Å². The highest BCUT2D eigenvalue weighted by Crippen LogP contribution is 2.32. The Bertz CT molecular complexity index is 719. The second-order valence-electron chi connectivity index (χ2n) is 7.66. The number of H-pyrrole nitrogens is 1. The number of hydrogen-bond donors (Lipinski definition) is 2. The van der Waals surface area contributed by atoms with Crippen LogP contribution in [0.5, 0.6) is 0 Å². The van der Waals surface area contributed by atoms with Gasteiger partial charge in [-0.05, 0) is 38.2 Å². The van der Waals surface area contributed by atoms with Crippen LogP contribution in [0, 0.1) is 0 Å². The lowest BCUT2D eigenvalue weighted by Gasteiger charge is -2.35. The molecule has 2 heterocycles. The minimum absolute atomic E-state index is 0. The quantitative estimate of drug-likeness (QED) is 0.331. The summed E-state index contributed by atoms with van der Waals surface area (Å²) in [7, 11) is 0. The van der Waals surface area contributed by atoms with Crippen LogP contribution in [-0.4, -0.2) is 52.2 Å². The van der Waals surface area contributed by atoms with Crippen LogP contribution in [0.4, 0.5) is 0 Å². The SMILES string of the molecule is CCNC(=NCC(CC)(CC)c1ccccc1)N1CCC(c2ncn[nH]2)CC1.I. The van der Waals surface area contributed by atoms with E-state index in [1.165, 1.54) is 5.56 Å². The smallest absolute Gasteiger partial charge is 0.193 e. The Morgan fingerprint density at radius 2 is 1.86 bits per heavy atom. The molecule has 1 aliphatic heterocycles. The first kappa shape index (κ1) is 23.6. The van der Waals surface area contributed by atoms with E-state index < -0.39 is 0 Å². The molecule has 1 aliphatic rings. The van der Waals surface area contributed by atoms with Gasteiger partial charge >= 0.3 is 0 Å². The molecule has 0 unspecified atom stereocenters. The van der Waals surface area contributed by atoms with Crippen LogP contribution >= 0.6 is 24.0 Å². The lowest BCUT2D eigenvalue weighted by atomic mass is 9.76. The summed E-state index contributed by atoms with van der Waals surface area (Å²) in [6.07, 6.45) is 5.93. The number of aromatic nitrogens is 3. The van der Waals surface area contributed by atoms with Crippen LogP contribution in [0.15, 0.2) is 41.7 Å². The third-order valence-electron chi connectivity index (χ3n) is 6.22. The molecular formula is C22H35IN6. The third kappa shape index (κ3) is 5.71. The molecule has 6 nitrogen and oxygen atoms in total. The van der Waals surface area contributed by atoms with Crippen molar-refractivity contribution in [3.05, 3.63) is 48.0 Å². The Morgan fingerprint density at radius 1 is 1.17 bits per heavy atom. The van der Waals surface area contributed by atoms with Crippen LogP contribution in [0.25, 0.3) is 0 Å². The monoisotopic (exact) mass is 510 g/mol. The summed E-state index contributed by atoms with van der Waals surface area (Å²) in [6.45, 7) is 10.4. The molecule has 0 spiro atoms. The molecule has 0 radical (unpaired) electrons. The van der Waals surface area contributed by atoms with Gasteiger partial charge in [0.05, 0.1) is 6.54 Å². The van der Waals surface area contributed by atoms with Crippen molar-refractivity contribution in [3.63, 3.8) is 0 Å². The van der Waals surface area contributed by atoms with Crippen molar-refractivity contribution in [2.45, 2.75) is 57.8 Å². The number of nitrogens with zero attached hydrogens (tertiary/aromatic N) is 4. The van der Waals surface area contributed by atoms with Crippen molar-refractivity contribution < 1.29 is 0 Å². The van der Waals surface area contributed by atoms with Crippen LogP contribution in [0.2, 0.25) is 0 Å². The lowest BCUT2D eigenvalue weighted by molar-refractivity contribution is 0.297. The summed E-state index contributed by atoms with van der Waals surface area (Å²) >= 11 is 0. The lowest BCUT2D eigenvalue weighted by Crippen LogP contribution is -2.46. The molecule has 0 bridgehead atoms. The number of benzene rings is 1. The number of halogens is 1. The van der Waals surface area contributed by atoms with Crippen molar-refractivity contribution in [2.75, 3.05) is 26.2 Å². The molecule has 2 N–H and O–H groups in total. The fourth-order valence-corrected chi connectivity index (χ4v) is 4.19. The summed E-state index contributed by atoms with van der Waals surface area (Å²) in [5, 5.41) is 10.5. The minimum atomic E-state index is 0. The zero-order valence-corrected chi connectivity index (χ0v) is 20.2. The fourth-order valence-electron chi connectivity index (χ4n) is 4.19. The van der Waals surface area contributed by atoms with Gasteiger partial charge in [-0.3, -0.25) is 10.1 Å². The molecule has 29 heavy (non-hydrogen) atoms. The Balaban J connectivity index is 0.00000300. The van der Waals surface area contributed by atoms with Crippen LogP contribution in [0.1, 0.15) is 63.8 Å². The molecular weight excluding hydrogens is 475 g/mol. The molecule has 7 heteroatoms. The average molecular weight is 510 g/mol.